The highest BCUT2D eigenvalue weighted by molar-refractivity contribution is 5.80. The number of carbonyl (C=O) groups is 1. The van der Waals surface area contributed by atoms with Crippen molar-refractivity contribution in [1.82, 2.24) is 14.5 Å². The number of fused-ring (bicyclic) bond motifs is 2. The molecule has 2 aromatic carbocycles. The minimum absolute atomic E-state index is 0.00739. The minimum Gasteiger partial charge on any atom is -0.490 e. The zero-order valence-corrected chi connectivity index (χ0v) is 17.3. The number of hydrogen-bond donors (Lipinski definition) is 0. The van der Waals surface area contributed by atoms with Gasteiger partial charge in [0.1, 0.15) is 6.54 Å². The van der Waals surface area contributed by atoms with Crippen LogP contribution in [0.25, 0.3) is 11.0 Å². The van der Waals surface area contributed by atoms with Crippen LogP contribution >= 0.6 is 0 Å². The van der Waals surface area contributed by atoms with E-state index in [9.17, 15) is 9.59 Å². The summed E-state index contributed by atoms with van der Waals surface area (Å²) in [6.45, 7) is 6.06. The molecule has 0 aliphatic carbocycles. The highest BCUT2D eigenvalue weighted by Crippen LogP contribution is 2.34. The first-order valence-electron chi connectivity index (χ1n) is 10.2. The Bertz CT molecular complexity index is 1140. The van der Waals surface area contributed by atoms with Gasteiger partial charge in [0.2, 0.25) is 5.91 Å². The number of hydrogen-bond acceptors (Lipinski definition) is 5. The molecular formula is C23H25N3O4. The first-order chi connectivity index (χ1) is 14.6. The van der Waals surface area contributed by atoms with Gasteiger partial charge in [-0.05, 0) is 55.7 Å². The molecule has 7 nitrogen and oxygen atoms in total. The van der Waals surface area contributed by atoms with Gasteiger partial charge in [-0.15, -0.1) is 0 Å². The van der Waals surface area contributed by atoms with E-state index in [0.29, 0.717) is 43.1 Å². The number of nitrogens with zero attached hydrogens (tertiary/aromatic N) is 3. The molecular weight excluding hydrogens is 382 g/mol. The Morgan fingerprint density at radius 1 is 1.07 bits per heavy atom. The van der Waals surface area contributed by atoms with Gasteiger partial charge in [0.15, 0.2) is 11.5 Å². The summed E-state index contributed by atoms with van der Waals surface area (Å²) in [5, 5.41) is 0. The summed E-state index contributed by atoms with van der Waals surface area (Å²) in [4.78, 5) is 31.4. The zero-order valence-electron chi connectivity index (χ0n) is 17.3. The van der Waals surface area contributed by atoms with Gasteiger partial charge in [0.25, 0.3) is 5.56 Å². The Morgan fingerprint density at radius 2 is 1.77 bits per heavy atom. The van der Waals surface area contributed by atoms with Gasteiger partial charge in [0.05, 0.1) is 30.4 Å². The van der Waals surface area contributed by atoms with E-state index < -0.39 is 0 Å². The molecule has 1 aliphatic rings. The highest BCUT2D eigenvalue weighted by Gasteiger charge is 2.24. The Kier molecular flexibility index (Phi) is 5.70. The maximum Gasteiger partial charge on any atom is 0.269 e. The number of aromatic nitrogens is 2. The second kappa shape index (κ2) is 8.57. The van der Waals surface area contributed by atoms with Crippen LogP contribution in [0.3, 0.4) is 0 Å². The van der Waals surface area contributed by atoms with Crippen LogP contribution in [-0.2, 0) is 24.3 Å². The van der Waals surface area contributed by atoms with Gasteiger partial charge in [-0.3, -0.25) is 14.2 Å². The lowest BCUT2D eigenvalue weighted by molar-refractivity contribution is -0.132. The van der Waals surface area contributed by atoms with Crippen molar-refractivity contribution in [2.24, 2.45) is 0 Å². The molecule has 0 saturated heterocycles. The molecule has 1 aliphatic heterocycles. The molecule has 1 amide bonds. The maximum atomic E-state index is 13.0. The van der Waals surface area contributed by atoms with Gasteiger partial charge in [-0.25, -0.2) is 4.98 Å². The second-order valence-corrected chi connectivity index (χ2v) is 7.17. The summed E-state index contributed by atoms with van der Waals surface area (Å²) in [6, 6.07) is 11.3. The fraction of sp³-hybridized carbons (Fsp3) is 0.348. The average Bonchev–Trinajstić information content (AvgIpc) is 2.76. The zero-order chi connectivity index (χ0) is 21.1. The third-order valence-corrected chi connectivity index (χ3v) is 5.28. The summed E-state index contributed by atoms with van der Waals surface area (Å²) in [5.41, 5.74) is 3.29. The monoisotopic (exact) mass is 407 g/mol. The van der Waals surface area contributed by atoms with Crippen LogP contribution in [0.5, 0.6) is 11.5 Å². The van der Waals surface area contributed by atoms with Gasteiger partial charge in [0, 0.05) is 13.1 Å². The average molecular weight is 407 g/mol. The van der Waals surface area contributed by atoms with Gasteiger partial charge in [-0.2, -0.15) is 0 Å². The molecule has 0 radical (unpaired) electrons. The van der Waals surface area contributed by atoms with Crippen molar-refractivity contribution in [3.8, 4) is 11.5 Å². The molecule has 0 bridgehead atoms. The summed E-state index contributed by atoms with van der Waals surface area (Å²) in [5.74, 6) is 1.35. The number of amides is 1. The lowest BCUT2D eigenvalue weighted by atomic mass is 9.98. The lowest BCUT2D eigenvalue weighted by Gasteiger charge is -2.30. The van der Waals surface area contributed by atoms with Crippen molar-refractivity contribution in [2.45, 2.75) is 33.4 Å². The predicted molar refractivity (Wildman–Crippen MR) is 114 cm³/mol. The van der Waals surface area contributed by atoms with Crippen LogP contribution < -0.4 is 15.0 Å². The molecule has 1 aromatic heterocycles. The highest BCUT2D eigenvalue weighted by atomic mass is 16.5. The Hall–Kier alpha value is -3.35. The smallest absolute Gasteiger partial charge is 0.269 e. The summed E-state index contributed by atoms with van der Waals surface area (Å²) in [6.07, 6.45) is 2.00. The second-order valence-electron chi connectivity index (χ2n) is 7.17. The molecule has 0 saturated carbocycles. The SMILES string of the molecule is CCOc1cc2c(cc1OCC)CN(C(=O)Cn1c(=O)cnc3ccccc31)CC2. The number of benzene rings is 2. The van der Waals surface area contributed by atoms with Gasteiger partial charge >= 0.3 is 0 Å². The first kappa shape index (κ1) is 19.9. The van der Waals surface area contributed by atoms with Crippen molar-refractivity contribution in [2.75, 3.05) is 19.8 Å². The lowest BCUT2D eigenvalue weighted by Crippen LogP contribution is -2.39. The third kappa shape index (κ3) is 3.87. The molecule has 2 heterocycles. The molecule has 0 spiro atoms. The normalized spacial score (nSPS) is 13.2. The molecule has 0 unspecified atom stereocenters. The summed E-state index contributed by atoms with van der Waals surface area (Å²) >= 11 is 0. The van der Waals surface area contributed by atoms with E-state index in [-0.39, 0.29) is 18.0 Å². The van der Waals surface area contributed by atoms with Gasteiger partial charge < -0.3 is 14.4 Å². The summed E-state index contributed by atoms with van der Waals surface area (Å²) in [7, 11) is 0. The number of ether oxygens (including phenoxy) is 2. The minimum atomic E-state index is -0.278. The van der Waals surface area contributed by atoms with E-state index in [1.54, 1.807) is 4.90 Å². The Balaban J connectivity index is 1.58. The maximum absolute atomic E-state index is 13.0. The van der Waals surface area contributed by atoms with E-state index in [1.165, 1.54) is 10.8 Å². The fourth-order valence-corrected chi connectivity index (χ4v) is 3.83. The van der Waals surface area contributed by atoms with Crippen molar-refractivity contribution < 1.29 is 14.3 Å². The van der Waals surface area contributed by atoms with Crippen LogP contribution in [0.15, 0.2) is 47.4 Å². The quantitative estimate of drug-likeness (QED) is 0.628. The van der Waals surface area contributed by atoms with Crippen LogP contribution in [0.4, 0.5) is 0 Å². The third-order valence-electron chi connectivity index (χ3n) is 5.28. The van der Waals surface area contributed by atoms with E-state index in [1.807, 2.05) is 50.2 Å². The Morgan fingerprint density at radius 3 is 2.50 bits per heavy atom. The van der Waals surface area contributed by atoms with E-state index in [4.69, 9.17) is 9.47 Å². The van der Waals surface area contributed by atoms with Crippen LogP contribution in [-0.4, -0.2) is 40.1 Å². The van der Waals surface area contributed by atoms with E-state index in [2.05, 4.69) is 4.98 Å². The number of carbonyl (C=O) groups excluding carboxylic acids is 1. The Labute approximate surface area is 174 Å². The van der Waals surface area contributed by atoms with Crippen molar-refractivity contribution >= 4 is 16.9 Å². The topological polar surface area (TPSA) is 73.7 Å². The molecule has 0 N–H and O–H groups in total. The van der Waals surface area contributed by atoms with E-state index in [0.717, 1.165) is 23.3 Å². The molecule has 3 aromatic rings. The molecule has 7 heteroatoms. The standard InChI is InChI=1S/C23H25N3O4/c1-3-29-20-11-16-9-10-25(14-17(16)12-21(20)30-4-2)23(28)15-26-19-8-6-5-7-18(19)24-13-22(26)27/h5-8,11-13H,3-4,9-10,14-15H2,1-2H3. The molecule has 0 fully saturated rings. The predicted octanol–water partition coefficient (Wildman–Crippen LogP) is 2.78. The molecule has 0 atom stereocenters. The largest absolute Gasteiger partial charge is 0.490 e. The summed E-state index contributed by atoms with van der Waals surface area (Å²) < 4.78 is 12.9. The molecule has 4 rings (SSSR count). The van der Waals surface area contributed by atoms with Crippen molar-refractivity contribution in [1.29, 1.82) is 0 Å². The van der Waals surface area contributed by atoms with Gasteiger partial charge in [-0.1, -0.05) is 12.1 Å². The fourth-order valence-electron chi connectivity index (χ4n) is 3.83. The number of para-hydroxylation sites is 2. The van der Waals surface area contributed by atoms with Crippen LogP contribution in [0.2, 0.25) is 0 Å². The first-order valence-corrected chi connectivity index (χ1v) is 10.2. The van der Waals surface area contributed by atoms with E-state index >= 15 is 0 Å². The molecule has 156 valence electrons. The van der Waals surface area contributed by atoms with Crippen LogP contribution in [0, 0.1) is 0 Å². The molecule has 30 heavy (non-hydrogen) atoms. The van der Waals surface area contributed by atoms with Crippen molar-refractivity contribution in [3.05, 3.63) is 64.1 Å². The van der Waals surface area contributed by atoms with Crippen LogP contribution in [0.1, 0.15) is 25.0 Å². The van der Waals surface area contributed by atoms with Crippen molar-refractivity contribution in [3.63, 3.8) is 0 Å². The number of rotatable bonds is 6.